The highest BCUT2D eigenvalue weighted by Crippen LogP contribution is 2.39. The summed E-state index contributed by atoms with van der Waals surface area (Å²) < 4.78 is 10.5. The van der Waals surface area contributed by atoms with Gasteiger partial charge in [0.1, 0.15) is 11.5 Å². The fourth-order valence-electron chi connectivity index (χ4n) is 2.40. The molecule has 1 aromatic rings. The maximum Gasteiger partial charge on any atom is 0.336 e. The SMILES string of the molecule is COc1ccc(OC)c2c1CCC(O)(C(=O)O)C2. The Morgan fingerprint density at radius 3 is 2.28 bits per heavy atom. The number of ether oxygens (including phenoxy) is 2. The number of benzene rings is 1. The molecule has 0 saturated carbocycles. The second-order valence-electron chi connectivity index (χ2n) is 4.44. The van der Waals surface area contributed by atoms with E-state index in [-0.39, 0.29) is 12.8 Å². The van der Waals surface area contributed by atoms with Gasteiger partial charge in [0.15, 0.2) is 5.60 Å². The second-order valence-corrected chi connectivity index (χ2v) is 4.44. The Bertz CT molecular complexity index is 483. The van der Waals surface area contributed by atoms with Crippen LogP contribution in [0.4, 0.5) is 0 Å². The molecule has 1 aliphatic carbocycles. The minimum absolute atomic E-state index is 0.0397. The van der Waals surface area contributed by atoms with E-state index in [1.165, 1.54) is 7.11 Å². The molecule has 0 aliphatic heterocycles. The zero-order chi connectivity index (χ0) is 13.3. The van der Waals surface area contributed by atoms with Crippen LogP contribution in [0.25, 0.3) is 0 Å². The van der Waals surface area contributed by atoms with Gasteiger partial charge >= 0.3 is 5.97 Å². The molecule has 98 valence electrons. The number of hydrogen-bond acceptors (Lipinski definition) is 4. The maximum atomic E-state index is 11.1. The predicted molar refractivity (Wildman–Crippen MR) is 64.2 cm³/mol. The average molecular weight is 252 g/mol. The van der Waals surface area contributed by atoms with Crippen LogP contribution in [-0.2, 0) is 17.6 Å². The Hall–Kier alpha value is -1.75. The van der Waals surface area contributed by atoms with Gasteiger partial charge in [-0.3, -0.25) is 0 Å². The third-order valence-electron chi connectivity index (χ3n) is 3.44. The largest absolute Gasteiger partial charge is 0.496 e. The van der Waals surface area contributed by atoms with Gasteiger partial charge in [-0.1, -0.05) is 0 Å². The highest BCUT2D eigenvalue weighted by molar-refractivity contribution is 5.78. The molecule has 1 aliphatic rings. The maximum absolute atomic E-state index is 11.1. The fraction of sp³-hybridized carbons (Fsp3) is 0.462. The molecule has 0 bridgehead atoms. The number of rotatable bonds is 3. The van der Waals surface area contributed by atoms with Gasteiger partial charge in [0.05, 0.1) is 14.2 Å². The van der Waals surface area contributed by atoms with E-state index in [9.17, 15) is 9.90 Å². The molecule has 1 unspecified atom stereocenters. The molecule has 5 heteroatoms. The van der Waals surface area contributed by atoms with Crippen molar-refractivity contribution in [3.8, 4) is 11.5 Å². The van der Waals surface area contributed by atoms with Crippen molar-refractivity contribution in [3.05, 3.63) is 23.3 Å². The molecule has 0 fully saturated rings. The van der Waals surface area contributed by atoms with Crippen LogP contribution in [0.2, 0.25) is 0 Å². The molecule has 0 heterocycles. The number of aliphatic hydroxyl groups is 1. The standard InChI is InChI=1S/C13H16O5/c1-17-10-3-4-11(18-2)9-7-13(16,12(14)15)6-5-8(9)10/h3-4,16H,5-7H2,1-2H3,(H,14,15). The quantitative estimate of drug-likeness (QED) is 0.839. The van der Waals surface area contributed by atoms with Crippen LogP contribution >= 0.6 is 0 Å². The van der Waals surface area contributed by atoms with E-state index < -0.39 is 11.6 Å². The summed E-state index contributed by atoms with van der Waals surface area (Å²) >= 11 is 0. The number of carboxylic acids is 1. The van der Waals surface area contributed by atoms with Gasteiger partial charge in [-0.25, -0.2) is 4.79 Å². The summed E-state index contributed by atoms with van der Waals surface area (Å²) in [5.74, 6) is 0.0986. The van der Waals surface area contributed by atoms with Crippen molar-refractivity contribution in [1.29, 1.82) is 0 Å². The molecule has 0 spiro atoms. The van der Waals surface area contributed by atoms with E-state index in [1.54, 1.807) is 19.2 Å². The molecule has 1 atom stereocenters. The number of carboxylic acid groups (broad SMARTS) is 1. The summed E-state index contributed by atoms with van der Waals surface area (Å²) in [6.45, 7) is 0. The molecule has 2 N–H and O–H groups in total. The number of carbonyl (C=O) groups is 1. The average Bonchev–Trinajstić information content (AvgIpc) is 2.37. The van der Waals surface area contributed by atoms with E-state index in [0.29, 0.717) is 23.5 Å². The lowest BCUT2D eigenvalue weighted by Crippen LogP contribution is -2.43. The van der Waals surface area contributed by atoms with Gasteiger partial charge in [0.25, 0.3) is 0 Å². The first-order valence-corrected chi connectivity index (χ1v) is 5.70. The summed E-state index contributed by atoms with van der Waals surface area (Å²) in [5, 5.41) is 19.2. The normalized spacial score (nSPS) is 22.2. The van der Waals surface area contributed by atoms with Crippen molar-refractivity contribution in [2.24, 2.45) is 0 Å². The monoisotopic (exact) mass is 252 g/mol. The van der Waals surface area contributed by atoms with Crippen LogP contribution in [-0.4, -0.2) is 36.0 Å². The molecular formula is C13H16O5. The Labute approximate surface area is 105 Å². The molecule has 18 heavy (non-hydrogen) atoms. The minimum atomic E-state index is -1.72. The summed E-state index contributed by atoms with van der Waals surface area (Å²) in [6, 6.07) is 3.52. The van der Waals surface area contributed by atoms with Crippen molar-refractivity contribution < 1.29 is 24.5 Å². The van der Waals surface area contributed by atoms with Gasteiger partial charge in [0, 0.05) is 17.5 Å². The van der Waals surface area contributed by atoms with Gasteiger partial charge in [-0.15, -0.1) is 0 Å². The Balaban J connectivity index is 2.50. The molecule has 0 radical (unpaired) electrons. The Morgan fingerprint density at radius 2 is 1.78 bits per heavy atom. The first-order valence-electron chi connectivity index (χ1n) is 5.70. The Morgan fingerprint density at radius 1 is 1.22 bits per heavy atom. The number of hydrogen-bond donors (Lipinski definition) is 2. The smallest absolute Gasteiger partial charge is 0.336 e. The van der Waals surface area contributed by atoms with Gasteiger partial charge in [0.2, 0.25) is 0 Å². The lowest BCUT2D eigenvalue weighted by atomic mass is 9.79. The summed E-state index contributed by atoms with van der Waals surface area (Å²) in [5.41, 5.74) is -0.0807. The lowest BCUT2D eigenvalue weighted by molar-refractivity contribution is -0.159. The molecule has 1 aromatic carbocycles. The van der Waals surface area contributed by atoms with Crippen molar-refractivity contribution >= 4 is 5.97 Å². The summed E-state index contributed by atoms with van der Waals surface area (Å²) in [6.07, 6.45) is 0.676. The zero-order valence-corrected chi connectivity index (χ0v) is 10.4. The second kappa shape index (κ2) is 4.49. The zero-order valence-electron chi connectivity index (χ0n) is 10.4. The van der Waals surface area contributed by atoms with Crippen LogP contribution in [0.15, 0.2) is 12.1 Å². The molecule has 0 saturated heterocycles. The van der Waals surface area contributed by atoms with Gasteiger partial charge in [-0.2, -0.15) is 0 Å². The first-order chi connectivity index (χ1) is 8.51. The van der Waals surface area contributed by atoms with Gasteiger partial charge in [-0.05, 0) is 25.0 Å². The van der Waals surface area contributed by atoms with E-state index in [0.717, 1.165) is 5.56 Å². The van der Waals surface area contributed by atoms with Crippen LogP contribution in [0.5, 0.6) is 11.5 Å². The predicted octanol–water partition coefficient (Wildman–Crippen LogP) is 1.01. The van der Waals surface area contributed by atoms with Crippen molar-refractivity contribution in [2.75, 3.05) is 14.2 Å². The van der Waals surface area contributed by atoms with Crippen LogP contribution < -0.4 is 9.47 Å². The van der Waals surface area contributed by atoms with Crippen molar-refractivity contribution in [2.45, 2.75) is 24.9 Å². The van der Waals surface area contributed by atoms with E-state index in [2.05, 4.69) is 0 Å². The summed E-state index contributed by atoms with van der Waals surface area (Å²) in [7, 11) is 3.09. The number of aliphatic carboxylic acids is 1. The summed E-state index contributed by atoms with van der Waals surface area (Å²) in [4.78, 5) is 11.1. The van der Waals surface area contributed by atoms with Crippen molar-refractivity contribution in [3.63, 3.8) is 0 Å². The van der Waals surface area contributed by atoms with E-state index in [4.69, 9.17) is 14.6 Å². The molecule has 0 aromatic heterocycles. The Kier molecular flexibility index (Phi) is 3.17. The van der Waals surface area contributed by atoms with Crippen molar-refractivity contribution in [1.82, 2.24) is 0 Å². The lowest BCUT2D eigenvalue weighted by Gasteiger charge is -2.31. The topological polar surface area (TPSA) is 76.0 Å². The molecule has 2 rings (SSSR count). The van der Waals surface area contributed by atoms with Crippen LogP contribution in [0.1, 0.15) is 17.5 Å². The number of fused-ring (bicyclic) bond motifs is 1. The molecule has 0 amide bonds. The highest BCUT2D eigenvalue weighted by Gasteiger charge is 2.41. The van der Waals surface area contributed by atoms with E-state index in [1.807, 2.05) is 0 Å². The highest BCUT2D eigenvalue weighted by atomic mass is 16.5. The van der Waals surface area contributed by atoms with E-state index >= 15 is 0 Å². The molecule has 5 nitrogen and oxygen atoms in total. The van der Waals surface area contributed by atoms with Crippen LogP contribution in [0, 0.1) is 0 Å². The fourth-order valence-corrected chi connectivity index (χ4v) is 2.40. The number of methoxy groups -OCH3 is 2. The third kappa shape index (κ3) is 1.90. The third-order valence-corrected chi connectivity index (χ3v) is 3.44. The first kappa shape index (κ1) is 12.7. The van der Waals surface area contributed by atoms with Gasteiger partial charge < -0.3 is 19.7 Å². The minimum Gasteiger partial charge on any atom is -0.496 e. The molecular weight excluding hydrogens is 236 g/mol. The van der Waals surface area contributed by atoms with Crippen LogP contribution in [0.3, 0.4) is 0 Å².